The molecule has 0 radical (unpaired) electrons. The molecule has 0 bridgehead atoms. The van der Waals surface area contributed by atoms with Gasteiger partial charge in [-0.15, -0.1) is 6.58 Å². The highest BCUT2D eigenvalue weighted by atomic mass is 79.9. The van der Waals surface area contributed by atoms with Crippen molar-refractivity contribution in [3.05, 3.63) is 75.2 Å². The number of halogens is 2. The quantitative estimate of drug-likeness (QED) is 0.532. The van der Waals surface area contributed by atoms with Gasteiger partial charge in [-0.1, -0.05) is 50.1 Å². The molecule has 128 valence electrons. The number of anilines is 1. The Morgan fingerprint density at radius 3 is 2.60 bits per heavy atom. The van der Waals surface area contributed by atoms with E-state index in [1.54, 1.807) is 42.5 Å². The molecule has 0 saturated carbocycles. The van der Waals surface area contributed by atoms with Crippen LogP contribution in [0, 0.1) is 0 Å². The third kappa shape index (κ3) is 3.21. The van der Waals surface area contributed by atoms with E-state index in [4.69, 9.17) is 0 Å². The lowest BCUT2D eigenvalue weighted by molar-refractivity contribution is -0.135. The van der Waals surface area contributed by atoms with Crippen LogP contribution in [-0.4, -0.2) is 23.3 Å². The third-order valence-electron chi connectivity index (χ3n) is 4.17. The molecule has 2 aromatic rings. The van der Waals surface area contributed by atoms with Crippen molar-refractivity contribution in [3.63, 3.8) is 0 Å². The number of amides is 1. The summed E-state index contributed by atoms with van der Waals surface area (Å²) in [4.78, 5) is 27.0. The molecule has 4 nitrogen and oxygen atoms in total. The maximum absolute atomic E-state index is 12.9. The lowest BCUT2D eigenvalue weighted by Gasteiger charge is -2.22. The van der Waals surface area contributed by atoms with Crippen molar-refractivity contribution < 1.29 is 14.7 Å². The third-order valence-corrected chi connectivity index (χ3v) is 5.16. The summed E-state index contributed by atoms with van der Waals surface area (Å²) in [6.07, 6.45) is 1.27. The van der Waals surface area contributed by atoms with Crippen LogP contribution in [0.5, 0.6) is 0 Å². The Kier molecular flexibility index (Phi) is 4.95. The highest BCUT2D eigenvalue weighted by molar-refractivity contribution is 9.10. The molecule has 25 heavy (non-hydrogen) atoms. The summed E-state index contributed by atoms with van der Waals surface area (Å²) in [6.45, 7) is 3.92. The van der Waals surface area contributed by atoms with Gasteiger partial charge in [0.05, 0.1) is 12.1 Å². The smallest absolute Gasteiger partial charge is 0.264 e. The molecule has 1 unspecified atom stereocenters. The number of rotatable bonds is 5. The second-order valence-electron chi connectivity index (χ2n) is 5.84. The van der Waals surface area contributed by atoms with Crippen LogP contribution in [0.4, 0.5) is 5.69 Å². The highest BCUT2D eigenvalue weighted by Crippen LogP contribution is 2.44. The van der Waals surface area contributed by atoms with Gasteiger partial charge in [0.1, 0.15) is 0 Å². The molecule has 0 spiro atoms. The molecule has 0 saturated heterocycles. The average Bonchev–Trinajstić information content (AvgIpc) is 2.77. The van der Waals surface area contributed by atoms with Gasteiger partial charge >= 0.3 is 0 Å². The lowest BCUT2D eigenvalue weighted by atomic mass is 9.88. The standard InChI is InChI=1S/C19H15Br2NO3/c1-2-8-22-16-7-6-14(21)10-15(16)19(25,18(22)24)11-17(23)12-4-3-5-13(20)9-12/h2-7,9-10,25H,1,8,11H2. The first-order valence-electron chi connectivity index (χ1n) is 7.61. The summed E-state index contributed by atoms with van der Waals surface area (Å²) in [7, 11) is 0. The molecule has 1 N–H and O–H groups in total. The van der Waals surface area contributed by atoms with Crippen LogP contribution in [0.15, 0.2) is 64.1 Å². The minimum atomic E-state index is -1.89. The van der Waals surface area contributed by atoms with Crippen LogP contribution in [0.25, 0.3) is 0 Å². The van der Waals surface area contributed by atoms with Gasteiger partial charge in [0.15, 0.2) is 11.4 Å². The largest absolute Gasteiger partial charge is 0.375 e. The van der Waals surface area contributed by atoms with Gasteiger partial charge in [0, 0.05) is 26.6 Å². The van der Waals surface area contributed by atoms with Crippen molar-refractivity contribution in [2.24, 2.45) is 0 Å². The highest BCUT2D eigenvalue weighted by Gasteiger charge is 2.50. The summed E-state index contributed by atoms with van der Waals surface area (Å²) in [5.41, 5.74) is -0.425. The number of aliphatic hydroxyl groups is 1. The molecular formula is C19H15Br2NO3. The molecule has 0 aliphatic carbocycles. The first kappa shape index (κ1) is 18.0. The van der Waals surface area contributed by atoms with Crippen LogP contribution in [0.3, 0.4) is 0 Å². The minimum absolute atomic E-state index is 0.265. The number of ketones is 1. The zero-order chi connectivity index (χ0) is 18.2. The molecule has 3 rings (SSSR count). The van der Waals surface area contributed by atoms with Crippen molar-refractivity contribution in [2.75, 3.05) is 11.4 Å². The predicted octanol–water partition coefficient (Wildman–Crippen LogP) is 4.20. The lowest BCUT2D eigenvalue weighted by Crippen LogP contribution is -2.41. The van der Waals surface area contributed by atoms with Gasteiger partial charge in [0.2, 0.25) is 0 Å². The fourth-order valence-electron chi connectivity index (χ4n) is 3.00. The molecule has 6 heteroatoms. The van der Waals surface area contributed by atoms with E-state index in [1.807, 2.05) is 6.07 Å². The summed E-state index contributed by atoms with van der Waals surface area (Å²) >= 11 is 6.69. The first-order valence-corrected chi connectivity index (χ1v) is 9.19. The Balaban J connectivity index is 2.02. The Morgan fingerprint density at radius 1 is 1.20 bits per heavy atom. The van der Waals surface area contributed by atoms with Crippen LogP contribution in [0.2, 0.25) is 0 Å². The SMILES string of the molecule is C=CCN1C(=O)C(O)(CC(=O)c2cccc(Br)c2)c2cc(Br)ccc21. The first-order chi connectivity index (χ1) is 11.9. The molecule has 1 amide bonds. The number of nitrogens with zero attached hydrogens (tertiary/aromatic N) is 1. The summed E-state index contributed by atoms with van der Waals surface area (Å²) in [5, 5.41) is 11.2. The molecule has 0 fully saturated rings. The number of hydrogen-bond donors (Lipinski definition) is 1. The van der Waals surface area contributed by atoms with Crippen molar-refractivity contribution in [1.29, 1.82) is 0 Å². The van der Waals surface area contributed by atoms with Crippen molar-refractivity contribution in [1.82, 2.24) is 0 Å². The Bertz CT molecular complexity index is 881. The van der Waals surface area contributed by atoms with E-state index in [1.165, 1.54) is 4.90 Å². The summed E-state index contributed by atoms with van der Waals surface area (Å²) in [5.74, 6) is -0.813. The van der Waals surface area contributed by atoms with Crippen LogP contribution in [0.1, 0.15) is 22.3 Å². The number of Topliss-reactive ketones (excluding diaryl/α,β-unsaturated/α-hetero) is 1. The maximum Gasteiger partial charge on any atom is 0.264 e. The minimum Gasteiger partial charge on any atom is -0.375 e. The van der Waals surface area contributed by atoms with E-state index in [0.717, 1.165) is 8.95 Å². The molecule has 1 heterocycles. The molecule has 1 aliphatic rings. The normalized spacial score (nSPS) is 19.0. The Labute approximate surface area is 162 Å². The van der Waals surface area contributed by atoms with E-state index in [-0.39, 0.29) is 18.7 Å². The molecule has 2 aromatic carbocycles. The number of fused-ring (bicyclic) bond motifs is 1. The van der Waals surface area contributed by atoms with Gasteiger partial charge in [-0.05, 0) is 30.3 Å². The number of benzene rings is 2. The van der Waals surface area contributed by atoms with E-state index >= 15 is 0 Å². The summed E-state index contributed by atoms with van der Waals surface area (Å²) < 4.78 is 1.49. The van der Waals surface area contributed by atoms with Gasteiger partial charge in [0.25, 0.3) is 5.91 Å². The van der Waals surface area contributed by atoms with E-state index in [2.05, 4.69) is 38.4 Å². The van der Waals surface area contributed by atoms with Crippen molar-refractivity contribution in [3.8, 4) is 0 Å². The zero-order valence-corrected chi connectivity index (χ0v) is 16.4. The van der Waals surface area contributed by atoms with E-state index in [9.17, 15) is 14.7 Å². The van der Waals surface area contributed by atoms with Gasteiger partial charge in [-0.2, -0.15) is 0 Å². The Morgan fingerprint density at radius 2 is 1.92 bits per heavy atom. The second kappa shape index (κ2) is 6.86. The summed E-state index contributed by atoms with van der Waals surface area (Å²) in [6, 6.07) is 12.1. The van der Waals surface area contributed by atoms with Gasteiger partial charge in [-0.3, -0.25) is 9.59 Å². The van der Waals surface area contributed by atoms with Gasteiger partial charge in [-0.25, -0.2) is 0 Å². The monoisotopic (exact) mass is 463 g/mol. The van der Waals surface area contributed by atoms with Crippen molar-refractivity contribution >= 4 is 49.2 Å². The number of hydrogen-bond acceptors (Lipinski definition) is 3. The average molecular weight is 465 g/mol. The fraction of sp³-hybridized carbons (Fsp3) is 0.158. The van der Waals surface area contributed by atoms with Crippen LogP contribution in [-0.2, 0) is 10.4 Å². The second-order valence-corrected chi connectivity index (χ2v) is 7.67. The topological polar surface area (TPSA) is 57.6 Å². The molecular weight excluding hydrogens is 450 g/mol. The fourth-order valence-corrected chi connectivity index (χ4v) is 3.76. The Hall–Kier alpha value is -1.76. The maximum atomic E-state index is 12.9. The van der Waals surface area contributed by atoms with E-state index in [0.29, 0.717) is 16.8 Å². The molecule has 0 aromatic heterocycles. The van der Waals surface area contributed by atoms with Crippen molar-refractivity contribution in [2.45, 2.75) is 12.0 Å². The molecule has 1 atom stereocenters. The molecule has 1 aliphatic heterocycles. The van der Waals surface area contributed by atoms with Gasteiger partial charge < -0.3 is 10.0 Å². The predicted molar refractivity (Wildman–Crippen MR) is 104 cm³/mol. The van der Waals surface area contributed by atoms with Crippen LogP contribution < -0.4 is 4.90 Å². The van der Waals surface area contributed by atoms with E-state index < -0.39 is 11.5 Å². The number of carbonyl (C=O) groups excluding carboxylic acids is 2. The van der Waals surface area contributed by atoms with Crippen LogP contribution >= 0.6 is 31.9 Å². The number of carbonyl (C=O) groups is 2. The zero-order valence-electron chi connectivity index (χ0n) is 13.2.